The molecule has 0 aliphatic carbocycles. The topological polar surface area (TPSA) is 91.0 Å². The number of rotatable bonds is 6. The molecule has 0 aromatic heterocycles. The van der Waals surface area contributed by atoms with Gasteiger partial charge < -0.3 is 20.3 Å². The first-order valence-electron chi connectivity index (χ1n) is 10.0. The van der Waals surface area contributed by atoms with Crippen molar-refractivity contribution in [3.05, 3.63) is 18.2 Å². The highest BCUT2D eigenvalue weighted by Gasteiger charge is 2.27. The van der Waals surface area contributed by atoms with Crippen LogP contribution in [0.1, 0.15) is 32.6 Å². The number of hydrogen-bond donors (Lipinski definition) is 2. The van der Waals surface area contributed by atoms with Gasteiger partial charge in [-0.25, -0.2) is 13.2 Å². The predicted molar refractivity (Wildman–Crippen MR) is 109 cm³/mol. The molecule has 2 saturated heterocycles. The highest BCUT2D eigenvalue weighted by Crippen LogP contribution is 2.31. The number of ether oxygens (including phenoxy) is 1. The van der Waals surface area contributed by atoms with E-state index in [4.69, 9.17) is 4.74 Å². The first kappa shape index (κ1) is 20.9. The molecule has 3 rings (SSSR count). The Morgan fingerprint density at radius 3 is 2.50 bits per heavy atom. The monoisotopic (exact) mass is 410 g/mol. The Labute approximate surface area is 167 Å². The van der Waals surface area contributed by atoms with Gasteiger partial charge in [-0.3, -0.25) is 0 Å². The molecule has 156 valence electrons. The maximum absolute atomic E-state index is 13.0. The van der Waals surface area contributed by atoms with Crippen molar-refractivity contribution in [3.63, 3.8) is 0 Å². The van der Waals surface area contributed by atoms with E-state index in [1.54, 1.807) is 22.5 Å². The lowest BCUT2D eigenvalue weighted by molar-refractivity contribution is 0.123. The number of carbonyl (C=O) groups excluding carboxylic acids is 1. The van der Waals surface area contributed by atoms with Crippen LogP contribution in [0.2, 0.25) is 0 Å². The van der Waals surface area contributed by atoms with Crippen LogP contribution in [0.15, 0.2) is 23.1 Å². The van der Waals surface area contributed by atoms with Crippen LogP contribution in [0.4, 0.5) is 16.2 Å². The lowest BCUT2D eigenvalue weighted by Gasteiger charge is -2.31. The van der Waals surface area contributed by atoms with E-state index in [-0.39, 0.29) is 10.9 Å². The van der Waals surface area contributed by atoms with Gasteiger partial charge in [0.15, 0.2) is 0 Å². The van der Waals surface area contributed by atoms with Gasteiger partial charge in [-0.1, -0.05) is 13.3 Å². The Hall–Kier alpha value is -1.84. The second kappa shape index (κ2) is 9.58. The molecule has 28 heavy (non-hydrogen) atoms. The molecule has 0 spiro atoms. The molecule has 0 atom stereocenters. The summed E-state index contributed by atoms with van der Waals surface area (Å²) in [6.07, 6.45) is 3.66. The van der Waals surface area contributed by atoms with Gasteiger partial charge in [0, 0.05) is 32.7 Å². The number of nitrogens with one attached hydrogen (secondary N) is 2. The zero-order valence-corrected chi connectivity index (χ0v) is 17.3. The minimum Gasteiger partial charge on any atom is -0.378 e. The van der Waals surface area contributed by atoms with Crippen LogP contribution in [-0.2, 0) is 14.8 Å². The number of carbonyl (C=O) groups is 1. The number of sulfonamides is 1. The van der Waals surface area contributed by atoms with E-state index >= 15 is 0 Å². The number of benzene rings is 1. The molecule has 2 fully saturated rings. The predicted octanol–water partition coefficient (Wildman–Crippen LogP) is 2.23. The molecule has 0 unspecified atom stereocenters. The molecule has 1 aromatic rings. The molecule has 2 N–H and O–H groups in total. The van der Waals surface area contributed by atoms with Crippen LogP contribution < -0.4 is 15.5 Å². The van der Waals surface area contributed by atoms with Gasteiger partial charge in [0.05, 0.1) is 29.5 Å². The van der Waals surface area contributed by atoms with E-state index < -0.39 is 10.0 Å². The van der Waals surface area contributed by atoms with E-state index in [1.807, 2.05) is 6.92 Å². The number of amides is 2. The van der Waals surface area contributed by atoms with Crippen molar-refractivity contribution in [2.75, 3.05) is 56.2 Å². The third-order valence-electron chi connectivity index (χ3n) is 5.06. The summed E-state index contributed by atoms with van der Waals surface area (Å²) < 4.78 is 33.0. The van der Waals surface area contributed by atoms with E-state index in [0.29, 0.717) is 51.6 Å². The van der Waals surface area contributed by atoms with Crippen molar-refractivity contribution in [3.8, 4) is 0 Å². The van der Waals surface area contributed by atoms with Gasteiger partial charge in [0.2, 0.25) is 10.0 Å². The average Bonchev–Trinajstić information content (AvgIpc) is 2.73. The van der Waals surface area contributed by atoms with Gasteiger partial charge in [0.1, 0.15) is 0 Å². The maximum atomic E-state index is 13.0. The highest BCUT2D eigenvalue weighted by atomic mass is 32.2. The molecule has 0 radical (unpaired) electrons. The smallest absolute Gasteiger partial charge is 0.319 e. The Balaban J connectivity index is 1.89. The summed E-state index contributed by atoms with van der Waals surface area (Å²) in [7, 11) is -3.57. The summed E-state index contributed by atoms with van der Waals surface area (Å²) in [4.78, 5) is 14.6. The summed E-state index contributed by atoms with van der Waals surface area (Å²) in [5, 5.41) is 5.62. The van der Waals surface area contributed by atoms with Crippen molar-refractivity contribution in [1.29, 1.82) is 0 Å². The number of anilines is 2. The SMILES string of the molecule is CCCNC(=O)Nc1cc(S(=O)(=O)N2CCCCC2)ccc1N1CCOCC1. The zero-order chi connectivity index (χ0) is 20.0. The Bertz CT molecular complexity index is 772. The van der Waals surface area contributed by atoms with Gasteiger partial charge in [-0.2, -0.15) is 4.31 Å². The molecule has 8 nitrogen and oxygen atoms in total. The number of morpholine rings is 1. The Morgan fingerprint density at radius 1 is 1.11 bits per heavy atom. The van der Waals surface area contributed by atoms with Crippen molar-refractivity contribution in [1.82, 2.24) is 9.62 Å². The van der Waals surface area contributed by atoms with E-state index in [9.17, 15) is 13.2 Å². The molecule has 1 aromatic carbocycles. The van der Waals surface area contributed by atoms with Crippen LogP contribution in [0.5, 0.6) is 0 Å². The minimum atomic E-state index is -3.57. The quantitative estimate of drug-likeness (QED) is 0.750. The van der Waals surface area contributed by atoms with Crippen molar-refractivity contribution < 1.29 is 17.9 Å². The molecule has 9 heteroatoms. The molecular formula is C19H30N4O4S. The fourth-order valence-corrected chi connectivity index (χ4v) is 5.06. The van der Waals surface area contributed by atoms with Crippen molar-refractivity contribution in [2.45, 2.75) is 37.5 Å². The van der Waals surface area contributed by atoms with Crippen molar-refractivity contribution in [2.24, 2.45) is 0 Å². The standard InChI is InChI=1S/C19H30N4O4S/c1-2-8-20-19(24)21-17-15-16(28(25,26)23-9-4-3-5-10-23)6-7-18(17)22-11-13-27-14-12-22/h6-7,15H,2-5,8-14H2,1H3,(H2,20,21,24). The molecule has 2 amide bonds. The summed E-state index contributed by atoms with van der Waals surface area (Å²) in [6, 6.07) is 4.69. The summed E-state index contributed by atoms with van der Waals surface area (Å²) in [5.74, 6) is 0. The normalized spacial score (nSPS) is 18.7. The number of piperidine rings is 1. The number of nitrogens with zero attached hydrogens (tertiary/aromatic N) is 2. The lowest BCUT2D eigenvalue weighted by Crippen LogP contribution is -2.38. The van der Waals surface area contributed by atoms with Crippen LogP contribution in [0, 0.1) is 0 Å². The zero-order valence-electron chi connectivity index (χ0n) is 16.4. The highest BCUT2D eigenvalue weighted by molar-refractivity contribution is 7.89. The number of hydrogen-bond acceptors (Lipinski definition) is 5. The number of urea groups is 1. The van der Waals surface area contributed by atoms with Crippen LogP contribution >= 0.6 is 0 Å². The van der Waals surface area contributed by atoms with Gasteiger partial charge in [-0.15, -0.1) is 0 Å². The molecule has 2 aliphatic heterocycles. The largest absolute Gasteiger partial charge is 0.378 e. The van der Waals surface area contributed by atoms with Gasteiger partial charge in [-0.05, 0) is 37.5 Å². The minimum absolute atomic E-state index is 0.220. The average molecular weight is 411 g/mol. The lowest BCUT2D eigenvalue weighted by atomic mass is 10.2. The third-order valence-corrected chi connectivity index (χ3v) is 6.95. The molecule has 0 saturated carbocycles. The third kappa shape index (κ3) is 4.95. The second-order valence-electron chi connectivity index (χ2n) is 7.12. The fourth-order valence-electron chi connectivity index (χ4n) is 3.52. The first-order chi connectivity index (χ1) is 13.5. The molecular weight excluding hydrogens is 380 g/mol. The fraction of sp³-hybridized carbons (Fsp3) is 0.632. The first-order valence-corrected chi connectivity index (χ1v) is 11.5. The summed E-state index contributed by atoms with van der Waals surface area (Å²) >= 11 is 0. The molecule has 2 heterocycles. The van der Waals surface area contributed by atoms with Crippen LogP contribution in [-0.4, -0.2) is 64.7 Å². The van der Waals surface area contributed by atoms with Crippen LogP contribution in [0.3, 0.4) is 0 Å². The van der Waals surface area contributed by atoms with Crippen LogP contribution in [0.25, 0.3) is 0 Å². The van der Waals surface area contributed by atoms with Crippen molar-refractivity contribution >= 4 is 27.4 Å². The maximum Gasteiger partial charge on any atom is 0.319 e. The van der Waals surface area contributed by atoms with Gasteiger partial charge in [0.25, 0.3) is 0 Å². The Kier molecular flexibility index (Phi) is 7.14. The van der Waals surface area contributed by atoms with E-state index in [2.05, 4.69) is 15.5 Å². The van der Waals surface area contributed by atoms with E-state index in [1.165, 1.54) is 0 Å². The Morgan fingerprint density at radius 2 is 1.82 bits per heavy atom. The van der Waals surface area contributed by atoms with Gasteiger partial charge >= 0.3 is 6.03 Å². The molecule has 0 bridgehead atoms. The second-order valence-corrected chi connectivity index (χ2v) is 9.06. The van der Waals surface area contributed by atoms with E-state index in [0.717, 1.165) is 31.4 Å². The summed E-state index contributed by atoms with van der Waals surface area (Å²) in [5.41, 5.74) is 1.32. The summed E-state index contributed by atoms with van der Waals surface area (Å²) in [6.45, 7) is 6.24. The molecule has 2 aliphatic rings.